The van der Waals surface area contributed by atoms with E-state index in [-0.39, 0.29) is 0 Å². The molecule has 3 amide bonds. The van der Waals surface area contributed by atoms with Crippen molar-refractivity contribution in [2.75, 3.05) is 13.7 Å². The van der Waals surface area contributed by atoms with E-state index in [4.69, 9.17) is 4.74 Å². The molecule has 0 bridgehead atoms. The van der Waals surface area contributed by atoms with Gasteiger partial charge in [0.25, 0.3) is 5.91 Å². The van der Waals surface area contributed by atoms with Gasteiger partial charge < -0.3 is 10.1 Å². The number of urea groups is 1. The van der Waals surface area contributed by atoms with Gasteiger partial charge in [-0.3, -0.25) is 14.9 Å². The predicted octanol–water partition coefficient (Wildman–Crippen LogP) is 1.18. The first-order valence-corrected chi connectivity index (χ1v) is 6.31. The summed E-state index contributed by atoms with van der Waals surface area (Å²) in [7, 11) is 1.39. The normalized spacial score (nSPS) is 11.3. The van der Waals surface area contributed by atoms with Crippen molar-refractivity contribution in [3.63, 3.8) is 0 Å². The van der Waals surface area contributed by atoms with Crippen LogP contribution in [-0.4, -0.2) is 31.6 Å². The number of carbonyl (C=O) groups is 3. The minimum atomic E-state index is -0.666. The Labute approximate surface area is 117 Å². The molecule has 6 nitrogen and oxygen atoms in total. The number of nitrogens with one attached hydrogen (secondary N) is 2. The summed E-state index contributed by atoms with van der Waals surface area (Å²) in [6.45, 7) is 1.39. The number of imide groups is 1. The average Bonchev–Trinajstić information content (AvgIpc) is 2.47. The molecule has 0 aliphatic heterocycles. The molecule has 6 heteroatoms. The van der Waals surface area contributed by atoms with E-state index in [9.17, 15) is 14.4 Å². The van der Waals surface area contributed by atoms with Gasteiger partial charge in [0, 0.05) is 7.05 Å². The second-order valence-electron chi connectivity index (χ2n) is 4.11. The molecule has 0 aliphatic carbocycles. The molecule has 1 rings (SSSR count). The molecule has 0 fully saturated rings. The van der Waals surface area contributed by atoms with Crippen molar-refractivity contribution in [1.82, 2.24) is 10.6 Å². The van der Waals surface area contributed by atoms with Crippen molar-refractivity contribution in [3.05, 3.63) is 35.9 Å². The second-order valence-corrected chi connectivity index (χ2v) is 4.11. The highest BCUT2D eigenvalue weighted by atomic mass is 16.5. The summed E-state index contributed by atoms with van der Waals surface area (Å²) >= 11 is 0. The van der Waals surface area contributed by atoms with Gasteiger partial charge in [-0.2, -0.15) is 0 Å². The zero-order valence-corrected chi connectivity index (χ0v) is 11.5. The van der Waals surface area contributed by atoms with Gasteiger partial charge in [-0.1, -0.05) is 37.3 Å². The fraction of sp³-hybridized carbons (Fsp3) is 0.357. The van der Waals surface area contributed by atoms with Crippen LogP contribution in [0.5, 0.6) is 0 Å². The first-order valence-electron chi connectivity index (χ1n) is 6.31. The Bertz CT molecular complexity index is 473. The van der Waals surface area contributed by atoms with Crippen LogP contribution >= 0.6 is 0 Å². The number of amides is 3. The minimum Gasteiger partial charge on any atom is -0.455 e. The lowest BCUT2D eigenvalue weighted by atomic mass is 9.97. The second kappa shape index (κ2) is 7.93. The maximum absolute atomic E-state index is 11.9. The van der Waals surface area contributed by atoms with Crippen molar-refractivity contribution in [3.8, 4) is 0 Å². The summed E-state index contributed by atoms with van der Waals surface area (Å²) in [5, 5.41) is 4.25. The fourth-order valence-electron chi connectivity index (χ4n) is 1.69. The van der Waals surface area contributed by atoms with Gasteiger partial charge in [0.2, 0.25) is 0 Å². The summed E-state index contributed by atoms with van der Waals surface area (Å²) in [6.07, 6.45) is 0.569. The Morgan fingerprint density at radius 2 is 1.85 bits per heavy atom. The van der Waals surface area contributed by atoms with Gasteiger partial charge in [-0.25, -0.2) is 4.79 Å². The maximum Gasteiger partial charge on any atom is 0.321 e. The molecule has 0 aromatic heterocycles. The third-order valence-corrected chi connectivity index (χ3v) is 2.72. The largest absolute Gasteiger partial charge is 0.455 e. The van der Waals surface area contributed by atoms with Crippen LogP contribution in [0.4, 0.5) is 4.79 Å². The smallest absolute Gasteiger partial charge is 0.321 e. The zero-order chi connectivity index (χ0) is 15.0. The predicted molar refractivity (Wildman–Crippen MR) is 73.0 cm³/mol. The van der Waals surface area contributed by atoms with E-state index >= 15 is 0 Å². The molecule has 0 aliphatic rings. The Hall–Kier alpha value is -2.37. The standard InChI is InChI=1S/C14H18N2O4/c1-3-11(10-7-5-4-6-8-10)13(18)20-9-12(17)16-14(19)15-2/h4-8,11H,3,9H2,1-2H3,(H2,15,16,17,19). The zero-order valence-electron chi connectivity index (χ0n) is 11.5. The summed E-state index contributed by atoms with van der Waals surface area (Å²) in [5.74, 6) is -1.56. The number of rotatable bonds is 5. The van der Waals surface area contributed by atoms with Gasteiger partial charge in [0.15, 0.2) is 6.61 Å². The lowest BCUT2D eigenvalue weighted by Crippen LogP contribution is -2.40. The highest BCUT2D eigenvalue weighted by Crippen LogP contribution is 2.20. The number of esters is 1. The van der Waals surface area contributed by atoms with Crippen LogP contribution in [0.1, 0.15) is 24.8 Å². The van der Waals surface area contributed by atoms with Crippen LogP contribution in [0.3, 0.4) is 0 Å². The number of benzene rings is 1. The van der Waals surface area contributed by atoms with Crippen molar-refractivity contribution in [1.29, 1.82) is 0 Å². The van der Waals surface area contributed by atoms with E-state index in [1.165, 1.54) is 7.05 Å². The molecule has 1 aromatic carbocycles. The molecule has 2 N–H and O–H groups in total. The summed E-state index contributed by atoms with van der Waals surface area (Å²) < 4.78 is 4.93. The maximum atomic E-state index is 11.9. The first-order chi connectivity index (χ1) is 9.58. The van der Waals surface area contributed by atoms with Gasteiger partial charge in [-0.05, 0) is 12.0 Å². The molecule has 1 atom stereocenters. The molecular formula is C14H18N2O4. The van der Waals surface area contributed by atoms with Crippen molar-refractivity contribution in [2.24, 2.45) is 0 Å². The van der Waals surface area contributed by atoms with E-state index < -0.39 is 30.4 Å². The third kappa shape index (κ3) is 4.72. The highest BCUT2D eigenvalue weighted by Gasteiger charge is 2.21. The molecule has 0 saturated carbocycles. The van der Waals surface area contributed by atoms with Crippen LogP contribution < -0.4 is 10.6 Å². The van der Waals surface area contributed by atoms with Crippen LogP contribution in [0, 0.1) is 0 Å². The highest BCUT2D eigenvalue weighted by molar-refractivity contribution is 5.95. The lowest BCUT2D eigenvalue weighted by molar-refractivity contribution is -0.149. The van der Waals surface area contributed by atoms with E-state index in [2.05, 4.69) is 5.32 Å². The van der Waals surface area contributed by atoms with Crippen LogP contribution in [0.15, 0.2) is 30.3 Å². The fourth-order valence-corrected chi connectivity index (χ4v) is 1.69. The van der Waals surface area contributed by atoms with Crippen molar-refractivity contribution in [2.45, 2.75) is 19.3 Å². The number of ether oxygens (including phenoxy) is 1. The summed E-state index contributed by atoms with van der Waals surface area (Å²) in [5.41, 5.74) is 0.840. The van der Waals surface area contributed by atoms with Gasteiger partial charge in [-0.15, -0.1) is 0 Å². The summed E-state index contributed by atoms with van der Waals surface area (Å²) in [4.78, 5) is 34.1. The summed E-state index contributed by atoms with van der Waals surface area (Å²) in [6, 6.07) is 8.56. The molecule has 20 heavy (non-hydrogen) atoms. The SMILES string of the molecule is CCC(C(=O)OCC(=O)NC(=O)NC)c1ccccc1. The lowest BCUT2D eigenvalue weighted by Gasteiger charge is -2.14. The van der Waals surface area contributed by atoms with E-state index in [1.54, 1.807) is 0 Å². The average molecular weight is 278 g/mol. The minimum absolute atomic E-state index is 0.413. The Balaban J connectivity index is 2.53. The van der Waals surface area contributed by atoms with Crippen LogP contribution in [0.25, 0.3) is 0 Å². The number of hydrogen-bond donors (Lipinski definition) is 2. The molecule has 0 saturated heterocycles. The van der Waals surface area contributed by atoms with Crippen LogP contribution in [-0.2, 0) is 14.3 Å². The Morgan fingerprint density at radius 3 is 2.40 bits per heavy atom. The molecule has 0 heterocycles. The quantitative estimate of drug-likeness (QED) is 0.792. The molecule has 0 spiro atoms. The van der Waals surface area contributed by atoms with E-state index in [0.29, 0.717) is 6.42 Å². The Morgan fingerprint density at radius 1 is 1.20 bits per heavy atom. The first kappa shape index (κ1) is 15.7. The topological polar surface area (TPSA) is 84.5 Å². The van der Waals surface area contributed by atoms with Crippen LogP contribution in [0.2, 0.25) is 0 Å². The van der Waals surface area contributed by atoms with Crippen molar-refractivity contribution < 1.29 is 19.1 Å². The molecular weight excluding hydrogens is 260 g/mol. The van der Waals surface area contributed by atoms with Gasteiger partial charge in [0.1, 0.15) is 0 Å². The van der Waals surface area contributed by atoms with E-state index in [1.807, 2.05) is 42.6 Å². The molecule has 0 radical (unpaired) electrons. The molecule has 108 valence electrons. The number of carbonyl (C=O) groups excluding carboxylic acids is 3. The molecule has 1 aromatic rings. The number of hydrogen-bond acceptors (Lipinski definition) is 4. The Kier molecular flexibility index (Phi) is 6.22. The van der Waals surface area contributed by atoms with E-state index in [0.717, 1.165) is 5.56 Å². The third-order valence-electron chi connectivity index (χ3n) is 2.72. The van der Waals surface area contributed by atoms with Gasteiger partial charge >= 0.3 is 12.0 Å². The van der Waals surface area contributed by atoms with Crippen molar-refractivity contribution >= 4 is 17.9 Å². The van der Waals surface area contributed by atoms with Gasteiger partial charge in [0.05, 0.1) is 5.92 Å². The monoisotopic (exact) mass is 278 g/mol. The molecule has 1 unspecified atom stereocenters.